The number of aromatic nitrogens is 1. The van der Waals surface area contributed by atoms with Crippen molar-refractivity contribution in [2.75, 3.05) is 11.9 Å². The lowest BCUT2D eigenvalue weighted by atomic mass is 10.2. The molecule has 110 valence electrons. The summed E-state index contributed by atoms with van der Waals surface area (Å²) in [6, 6.07) is 6.80. The van der Waals surface area contributed by atoms with Gasteiger partial charge in [0, 0.05) is 0 Å². The molecule has 0 atom stereocenters. The van der Waals surface area contributed by atoms with Crippen molar-refractivity contribution in [3.8, 4) is 0 Å². The highest BCUT2D eigenvalue weighted by atomic mass is 32.1. The van der Waals surface area contributed by atoms with Crippen LogP contribution in [0, 0.1) is 6.92 Å². The third kappa shape index (κ3) is 3.38. The molecule has 0 saturated heterocycles. The fraction of sp³-hybridized carbons (Fsp3) is 0.214. The fourth-order valence-electron chi connectivity index (χ4n) is 1.73. The van der Waals surface area contributed by atoms with E-state index in [1.165, 1.54) is 0 Å². The lowest BCUT2D eigenvalue weighted by Gasteiger charge is -2.08. The SMILES string of the molecule is CCOC(=O)c1ccccc1Nc1nc(C)c(C(=O)[O-])s1. The molecule has 0 fully saturated rings. The number of para-hydroxylation sites is 1. The number of aromatic carboxylic acids is 1. The minimum atomic E-state index is -1.27. The highest BCUT2D eigenvalue weighted by molar-refractivity contribution is 7.17. The van der Waals surface area contributed by atoms with E-state index >= 15 is 0 Å². The number of benzene rings is 1. The normalized spacial score (nSPS) is 10.2. The van der Waals surface area contributed by atoms with Crippen molar-refractivity contribution < 1.29 is 19.4 Å². The van der Waals surface area contributed by atoms with Gasteiger partial charge in [0.1, 0.15) is 0 Å². The topological polar surface area (TPSA) is 91.3 Å². The number of carbonyl (C=O) groups excluding carboxylic acids is 2. The minimum Gasteiger partial charge on any atom is -0.544 e. The quantitative estimate of drug-likeness (QED) is 0.846. The molecule has 21 heavy (non-hydrogen) atoms. The number of hydrogen-bond acceptors (Lipinski definition) is 7. The Balaban J connectivity index is 2.29. The van der Waals surface area contributed by atoms with E-state index in [0.717, 1.165) is 11.3 Å². The Kier molecular flexibility index (Phi) is 4.54. The van der Waals surface area contributed by atoms with Crippen molar-refractivity contribution >= 4 is 34.1 Å². The minimum absolute atomic E-state index is 0.0612. The summed E-state index contributed by atoms with van der Waals surface area (Å²) in [5, 5.41) is 14.2. The van der Waals surface area contributed by atoms with Crippen LogP contribution in [-0.4, -0.2) is 23.5 Å². The molecule has 6 nitrogen and oxygen atoms in total. The van der Waals surface area contributed by atoms with E-state index in [9.17, 15) is 14.7 Å². The first-order valence-corrected chi connectivity index (χ1v) is 7.06. The van der Waals surface area contributed by atoms with Gasteiger partial charge in [0.25, 0.3) is 0 Å². The standard InChI is InChI=1S/C14H14N2O4S/c1-3-20-13(19)9-6-4-5-7-10(9)16-14-15-8(2)11(21-14)12(17)18/h4-7H,3H2,1-2H3,(H,15,16)(H,17,18)/p-1. The number of nitrogens with one attached hydrogen (secondary N) is 1. The van der Waals surface area contributed by atoms with Crippen molar-refractivity contribution in [2.24, 2.45) is 0 Å². The summed E-state index contributed by atoms with van der Waals surface area (Å²) in [4.78, 5) is 26.9. The largest absolute Gasteiger partial charge is 0.544 e. The smallest absolute Gasteiger partial charge is 0.340 e. The number of carboxylic acids is 1. The van der Waals surface area contributed by atoms with Crippen LogP contribution in [0.2, 0.25) is 0 Å². The van der Waals surface area contributed by atoms with Crippen LogP contribution in [0.15, 0.2) is 24.3 Å². The summed E-state index contributed by atoms with van der Waals surface area (Å²) in [6.07, 6.45) is 0. The molecule has 2 rings (SSSR count). The van der Waals surface area contributed by atoms with Crippen LogP contribution in [0.3, 0.4) is 0 Å². The second-order valence-electron chi connectivity index (χ2n) is 4.11. The van der Waals surface area contributed by atoms with E-state index in [1.807, 2.05) is 0 Å². The van der Waals surface area contributed by atoms with Crippen LogP contribution in [0.1, 0.15) is 32.6 Å². The maximum Gasteiger partial charge on any atom is 0.340 e. The van der Waals surface area contributed by atoms with Gasteiger partial charge >= 0.3 is 5.97 Å². The third-order valence-corrected chi connectivity index (χ3v) is 3.70. The molecule has 0 radical (unpaired) electrons. The van der Waals surface area contributed by atoms with Crippen LogP contribution >= 0.6 is 11.3 Å². The predicted molar refractivity (Wildman–Crippen MR) is 76.9 cm³/mol. The van der Waals surface area contributed by atoms with Gasteiger partial charge in [0.15, 0.2) is 5.13 Å². The highest BCUT2D eigenvalue weighted by Gasteiger charge is 2.14. The van der Waals surface area contributed by atoms with Gasteiger partial charge in [-0.2, -0.15) is 0 Å². The molecule has 2 aromatic rings. The Hall–Kier alpha value is -2.41. The van der Waals surface area contributed by atoms with E-state index in [0.29, 0.717) is 22.1 Å². The van der Waals surface area contributed by atoms with Gasteiger partial charge in [0.05, 0.1) is 34.4 Å². The summed E-state index contributed by atoms with van der Waals surface area (Å²) in [7, 11) is 0. The van der Waals surface area contributed by atoms with Crippen molar-refractivity contribution in [3.63, 3.8) is 0 Å². The second-order valence-corrected chi connectivity index (χ2v) is 5.11. The number of carboxylic acid groups (broad SMARTS) is 1. The summed E-state index contributed by atoms with van der Waals surface area (Å²) in [5.74, 6) is -1.72. The number of hydrogen-bond donors (Lipinski definition) is 1. The second kappa shape index (κ2) is 6.36. The third-order valence-electron chi connectivity index (χ3n) is 2.65. The number of esters is 1. The zero-order chi connectivity index (χ0) is 15.4. The Morgan fingerprint density at radius 1 is 1.38 bits per heavy atom. The molecule has 1 N–H and O–H groups in total. The Morgan fingerprint density at radius 2 is 2.10 bits per heavy atom. The van der Waals surface area contributed by atoms with Crippen LogP contribution < -0.4 is 10.4 Å². The maximum atomic E-state index is 11.9. The molecular formula is C14H13N2O4S-. The lowest BCUT2D eigenvalue weighted by Crippen LogP contribution is -2.21. The van der Waals surface area contributed by atoms with Gasteiger partial charge in [-0.05, 0) is 26.0 Å². The summed E-state index contributed by atoms with van der Waals surface area (Å²) in [5.41, 5.74) is 1.24. The molecule has 1 heterocycles. The molecule has 7 heteroatoms. The van der Waals surface area contributed by atoms with Gasteiger partial charge < -0.3 is 20.0 Å². The number of anilines is 2. The van der Waals surface area contributed by atoms with E-state index < -0.39 is 11.9 Å². The zero-order valence-electron chi connectivity index (χ0n) is 11.5. The van der Waals surface area contributed by atoms with Gasteiger partial charge in [-0.15, -0.1) is 0 Å². The van der Waals surface area contributed by atoms with E-state index in [1.54, 1.807) is 38.1 Å². The maximum absolute atomic E-state index is 11.9. The van der Waals surface area contributed by atoms with E-state index in [2.05, 4.69) is 10.3 Å². The van der Waals surface area contributed by atoms with E-state index in [-0.39, 0.29) is 11.5 Å². The van der Waals surface area contributed by atoms with Crippen molar-refractivity contribution in [1.82, 2.24) is 4.98 Å². The number of carbonyl (C=O) groups is 2. The first kappa shape index (κ1) is 15.0. The Labute approximate surface area is 125 Å². The first-order chi connectivity index (χ1) is 10.0. The van der Waals surface area contributed by atoms with Gasteiger partial charge in [-0.1, -0.05) is 23.5 Å². The monoisotopic (exact) mass is 305 g/mol. The molecule has 0 unspecified atom stereocenters. The molecule has 1 aromatic heterocycles. The summed E-state index contributed by atoms with van der Waals surface area (Å²) < 4.78 is 4.97. The number of nitrogens with zero attached hydrogens (tertiary/aromatic N) is 1. The summed E-state index contributed by atoms with van der Waals surface area (Å²) >= 11 is 0.960. The Morgan fingerprint density at radius 3 is 2.71 bits per heavy atom. The van der Waals surface area contributed by atoms with Crippen LogP contribution in [0.25, 0.3) is 0 Å². The van der Waals surface area contributed by atoms with Crippen molar-refractivity contribution in [3.05, 3.63) is 40.4 Å². The molecule has 0 aliphatic rings. The van der Waals surface area contributed by atoms with E-state index in [4.69, 9.17) is 4.74 Å². The van der Waals surface area contributed by atoms with Crippen LogP contribution in [-0.2, 0) is 4.74 Å². The number of rotatable bonds is 5. The van der Waals surface area contributed by atoms with Crippen molar-refractivity contribution in [2.45, 2.75) is 13.8 Å². The van der Waals surface area contributed by atoms with Crippen LogP contribution in [0.5, 0.6) is 0 Å². The molecule has 0 amide bonds. The summed E-state index contributed by atoms with van der Waals surface area (Å²) in [6.45, 7) is 3.59. The number of thiazole rings is 1. The Bertz CT molecular complexity index is 681. The molecule has 0 saturated carbocycles. The van der Waals surface area contributed by atoms with Crippen molar-refractivity contribution in [1.29, 1.82) is 0 Å². The lowest BCUT2D eigenvalue weighted by molar-refractivity contribution is -0.254. The van der Waals surface area contributed by atoms with Gasteiger partial charge in [-0.3, -0.25) is 0 Å². The average Bonchev–Trinajstić information content (AvgIpc) is 2.80. The molecule has 0 spiro atoms. The first-order valence-electron chi connectivity index (χ1n) is 6.25. The molecule has 0 bridgehead atoms. The van der Waals surface area contributed by atoms with Gasteiger partial charge in [-0.25, -0.2) is 9.78 Å². The number of aryl methyl sites for hydroxylation is 1. The average molecular weight is 305 g/mol. The fourth-order valence-corrected chi connectivity index (χ4v) is 2.55. The van der Waals surface area contributed by atoms with Gasteiger partial charge in [0.2, 0.25) is 0 Å². The van der Waals surface area contributed by atoms with Crippen LogP contribution in [0.4, 0.5) is 10.8 Å². The molecule has 0 aliphatic carbocycles. The highest BCUT2D eigenvalue weighted by Crippen LogP contribution is 2.27. The number of ether oxygens (including phenoxy) is 1. The zero-order valence-corrected chi connectivity index (χ0v) is 12.3. The molecule has 0 aliphatic heterocycles. The predicted octanol–water partition coefficient (Wildman–Crippen LogP) is 1.74. The molecule has 1 aromatic carbocycles. The molecular weight excluding hydrogens is 292 g/mol.